The third-order valence-corrected chi connectivity index (χ3v) is 7.06. The maximum Gasteiger partial charge on any atom is 0.573 e. The lowest BCUT2D eigenvalue weighted by Gasteiger charge is -2.29. The first kappa shape index (κ1) is 28.1. The summed E-state index contributed by atoms with van der Waals surface area (Å²) in [4.78, 5) is 18.8. The SMILES string of the molecule is CC(C)c1ccccc1N1C(=O)CCS/C1=N\N=C\c1ccc(-c2ncn(-c3ccc(OC(F)(F)F)cc3)n2)cc1. The van der Waals surface area contributed by atoms with Crippen molar-refractivity contribution in [2.75, 3.05) is 10.7 Å². The Morgan fingerprint density at radius 1 is 1.02 bits per heavy atom. The number of alkyl halides is 3. The van der Waals surface area contributed by atoms with Crippen LogP contribution in [0.15, 0.2) is 89.3 Å². The van der Waals surface area contributed by atoms with Gasteiger partial charge in [0, 0.05) is 17.7 Å². The van der Waals surface area contributed by atoms with Crippen LogP contribution >= 0.6 is 11.8 Å². The highest BCUT2D eigenvalue weighted by Crippen LogP contribution is 2.32. The van der Waals surface area contributed by atoms with Crippen molar-refractivity contribution in [2.24, 2.45) is 10.2 Å². The molecule has 0 atom stereocenters. The van der Waals surface area contributed by atoms with Crippen molar-refractivity contribution in [3.63, 3.8) is 0 Å². The van der Waals surface area contributed by atoms with Gasteiger partial charge in [0.2, 0.25) is 5.91 Å². The maximum absolute atomic E-state index is 12.9. The number of hydrogen-bond acceptors (Lipinski definition) is 7. The van der Waals surface area contributed by atoms with Crippen LogP contribution in [0.1, 0.15) is 37.3 Å². The molecule has 210 valence electrons. The molecule has 3 aromatic carbocycles. The number of aromatic nitrogens is 3. The van der Waals surface area contributed by atoms with Crippen LogP contribution in [-0.4, -0.2) is 44.2 Å². The summed E-state index contributed by atoms with van der Waals surface area (Å²) in [6, 6.07) is 20.5. The molecule has 1 fully saturated rings. The lowest BCUT2D eigenvalue weighted by molar-refractivity contribution is -0.274. The molecule has 2 heterocycles. The molecule has 5 rings (SSSR count). The Morgan fingerprint density at radius 3 is 2.46 bits per heavy atom. The van der Waals surface area contributed by atoms with Gasteiger partial charge in [-0.1, -0.05) is 68.1 Å². The van der Waals surface area contributed by atoms with Crippen molar-refractivity contribution in [1.29, 1.82) is 0 Å². The van der Waals surface area contributed by atoms with Crippen LogP contribution in [0.2, 0.25) is 0 Å². The minimum absolute atomic E-state index is 0.00678. The number of ether oxygens (including phenoxy) is 1. The lowest BCUT2D eigenvalue weighted by Crippen LogP contribution is -2.39. The Balaban J connectivity index is 1.29. The smallest absolute Gasteiger partial charge is 0.406 e. The number of halogens is 3. The van der Waals surface area contributed by atoms with E-state index in [4.69, 9.17) is 0 Å². The molecule has 0 bridgehead atoms. The molecule has 1 amide bonds. The Kier molecular flexibility index (Phi) is 8.20. The first-order valence-electron chi connectivity index (χ1n) is 12.7. The van der Waals surface area contributed by atoms with Gasteiger partial charge in [-0.25, -0.2) is 9.67 Å². The number of thioether (sulfide) groups is 1. The van der Waals surface area contributed by atoms with E-state index in [9.17, 15) is 18.0 Å². The van der Waals surface area contributed by atoms with Gasteiger partial charge in [0.25, 0.3) is 0 Å². The Labute approximate surface area is 238 Å². The van der Waals surface area contributed by atoms with E-state index in [-0.39, 0.29) is 17.6 Å². The molecule has 0 N–H and O–H groups in total. The zero-order valence-corrected chi connectivity index (χ0v) is 22.9. The predicted molar refractivity (Wildman–Crippen MR) is 154 cm³/mol. The van der Waals surface area contributed by atoms with Crippen LogP contribution < -0.4 is 9.64 Å². The van der Waals surface area contributed by atoms with E-state index >= 15 is 0 Å². The standard InChI is InChI=1S/C29H25F3N6O2S/c1-19(2)24-5-3-4-6-25(24)38-26(39)15-16-41-28(38)35-34-17-20-7-9-21(10-8-20)27-33-18-37(36-27)22-11-13-23(14-12-22)40-29(30,31)32/h3-14,17-19H,15-16H2,1-2H3/b34-17+,35-28-. The van der Waals surface area contributed by atoms with Crippen molar-refractivity contribution in [2.45, 2.75) is 32.5 Å². The van der Waals surface area contributed by atoms with Gasteiger partial charge in [0.05, 0.1) is 17.6 Å². The Morgan fingerprint density at radius 2 is 1.76 bits per heavy atom. The quantitative estimate of drug-likeness (QED) is 0.178. The summed E-state index contributed by atoms with van der Waals surface area (Å²) in [6.45, 7) is 4.18. The fraction of sp³-hybridized carbons (Fsp3) is 0.207. The second kappa shape index (κ2) is 12.0. The van der Waals surface area contributed by atoms with E-state index in [0.29, 0.717) is 28.9 Å². The summed E-state index contributed by atoms with van der Waals surface area (Å²) in [7, 11) is 0. The molecule has 0 saturated carbocycles. The molecule has 41 heavy (non-hydrogen) atoms. The van der Waals surface area contributed by atoms with Crippen LogP contribution in [0, 0.1) is 0 Å². The number of carbonyl (C=O) groups excluding carboxylic acids is 1. The highest BCUT2D eigenvalue weighted by Gasteiger charge is 2.31. The number of anilines is 1. The minimum Gasteiger partial charge on any atom is -0.406 e. The van der Waals surface area contributed by atoms with Gasteiger partial charge < -0.3 is 4.74 Å². The van der Waals surface area contributed by atoms with Crippen molar-refractivity contribution >= 4 is 34.7 Å². The first-order valence-corrected chi connectivity index (χ1v) is 13.7. The molecule has 1 aliphatic rings. The summed E-state index contributed by atoms with van der Waals surface area (Å²) >= 11 is 1.49. The molecule has 0 spiro atoms. The van der Waals surface area contributed by atoms with E-state index in [1.165, 1.54) is 47.0 Å². The average molecular weight is 579 g/mol. The molecular weight excluding hydrogens is 553 g/mol. The molecular formula is C29H25F3N6O2S. The largest absolute Gasteiger partial charge is 0.573 e. The molecule has 0 unspecified atom stereocenters. The molecule has 8 nitrogen and oxygen atoms in total. The second-order valence-electron chi connectivity index (χ2n) is 9.34. The molecule has 1 aliphatic heterocycles. The van der Waals surface area contributed by atoms with Crippen LogP contribution in [0.5, 0.6) is 5.75 Å². The number of carbonyl (C=O) groups is 1. The third kappa shape index (κ3) is 6.83. The summed E-state index contributed by atoms with van der Waals surface area (Å²) in [5, 5.41) is 13.6. The first-order chi connectivity index (χ1) is 19.7. The maximum atomic E-state index is 12.9. The minimum atomic E-state index is -4.75. The van der Waals surface area contributed by atoms with E-state index in [1.807, 2.05) is 48.5 Å². The van der Waals surface area contributed by atoms with E-state index < -0.39 is 6.36 Å². The Hall–Kier alpha value is -4.45. The molecule has 4 aromatic rings. The van der Waals surface area contributed by atoms with E-state index in [2.05, 4.69) is 38.9 Å². The predicted octanol–water partition coefficient (Wildman–Crippen LogP) is 6.82. The van der Waals surface area contributed by atoms with Gasteiger partial charge in [-0.2, -0.15) is 5.10 Å². The number of amidine groups is 1. The summed E-state index contributed by atoms with van der Waals surface area (Å²) in [6.07, 6.45) is -1.23. The van der Waals surface area contributed by atoms with Gasteiger partial charge >= 0.3 is 6.36 Å². The van der Waals surface area contributed by atoms with Gasteiger partial charge in [0.1, 0.15) is 12.1 Å². The third-order valence-electron chi connectivity index (χ3n) is 6.13. The number of para-hydroxylation sites is 1. The summed E-state index contributed by atoms with van der Waals surface area (Å²) in [5.74, 6) is 1.01. The van der Waals surface area contributed by atoms with Gasteiger partial charge in [-0.15, -0.1) is 23.4 Å². The highest BCUT2D eigenvalue weighted by atomic mass is 32.2. The number of hydrogen-bond donors (Lipinski definition) is 0. The highest BCUT2D eigenvalue weighted by molar-refractivity contribution is 8.14. The van der Waals surface area contributed by atoms with Crippen LogP contribution in [-0.2, 0) is 4.79 Å². The number of amides is 1. The fourth-order valence-electron chi connectivity index (χ4n) is 4.19. The second-order valence-corrected chi connectivity index (χ2v) is 10.4. The van der Waals surface area contributed by atoms with Gasteiger partial charge in [-0.05, 0) is 47.4 Å². The van der Waals surface area contributed by atoms with E-state index in [0.717, 1.165) is 22.4 Å². The normalized spacial score (nSPS) is 15.3. The van der Waals surface area contributed by atoms with Crippen LogP contribution in [0.25, 0.3) is 17.1 Å². The average Bonchev–Trinajstić information content (AvgIpc) is 3.43. The molecule has 1 saturated heterocycles. The molecule has 0 aliphatic carbocycles. The molecule has 0 radical (unpaired) electrons. The number of rotatable bonds is 7. The number of nitrogens with zero attached hydrogens (tertiary/aromatic N) is 6. The van der Waals surface area contributed by atoms with Crippen molar-refractivity contribution in [3.8, 4) is 22.8 Å². The van der Waals surface area contributed by atoms with Gasteiger partial charge in [-0.3, -0.25) is 9.69 Å². The van der Waals surface area contributed by atoms with Crippen LogP contribution in [0.4, 0.5) is 18.9 Å². The zero-order chi connectivity index (χ0) is 29.0. The number of benzene rings is 3. The topological polar surface area (TPSA) is 85.0 Å². The van der Waals surface area contributed by atoms with Gasteiger partial charge in [0.15, 0.2) is 11.0 Å². The van der Waals surface area contributed by atoms with E-state index in [1.54, 1.807) is 11.1 Å². The van der Waals surface area contributed by atoms with Crippen LogP contribution in [0.3, 0.4) is 0 Å². The van der Waals surface area contributed by atoms with Crippen molar-refractivity contribution in [1.82, 2.24) is 14.8 Å². The fourth-order valence-corrected chi connectivity index (χ4v) is 5.08. The zero-order valence-electron chi connectivity index (χ0n) is 22.1. The molecule has 1 aromatic heterocycles. The van der Waals surface area contributed by atoms with Crippen molar-refractivity contribution in [3.05, 3.63) is 90.3 Å². The molecule has 12 heteroatoms. The summed E-state index contributed by atoms with van der Waals surface area (Å²) < 4.78 is 42.5. The Bertz CT molecular complexity index is 1580. The lowest BCUT2D eigenvalue weighted by atomic mass is 10.0. The monoisotopic (exact) mass is 578 g/mol. The van der Waals surface area contributed by atoms with Crippen molar-refractivity contribution < 1.29 is 22.7 Å². The summed E-state index contributed by atoms with van der Waals surface area (Å²) in [5.41, 5.74) is 3.97.